The Hall–Kier alpha value is -3.69. The number of carbonyl (C=O) groups is 3. The van der Waals surface area contributed by atoms with E-state index < -0.39 is 23.8 Å². The number of ether oxygens (including phenoxy) is 3. The number of carbonyl (C=O) groups excluding carboxylic acids is 3. The van der Waals surface area contributed by atoms with Crippen LogP contribution >= 0.6 is 0 Å². The second kappa shape index (κ2) is 8.81. The van der Waals surface area contributed by atoms with E-state index in [1.807, 2.05) is 12.2 Å². The van der Waals surface area contributed by atoms with E-state index in [1.165, 1.54) is 21.1 Å². The molecule has 2 amide bonds. The minimum absolute atomic E-state index is 0.0762. The first-order valence-electron chi connectivity index (χ1n) is 10.2. The van der Waals surface area contributed by atoms with E-state index in [-0.39, 0.29) is 30.1 Å². The molecule has 1 fully saturated rings. The Kier molecular flexibility index (Phi) is 5.93. The minimum atomic E-state index is -1.03. The fraction of sp³-hybridized carbons (Fsp3) is 0.409. The lowest BCUT2D eigenvalue weighted by molar-refractivity contribution is -0.159. The van der Waals surface area contributed by atoms with Crippen LogP contribution in [0.3, 0.4) is 0 Å². The Morgan fingerprint density at radius 3 is 2.41 bits per heavy atom. The lowest BCUT2D eigenvalue weighted by Gasteiger charge is -2.21. The molecule has 32 heavy (non-hydrogen) atoms. The molecule has 1 aromatic carbocycles. The molecule has 1 aliphatic carbocycles. The Morgan fingerprint density at radius 1 is 1.12 bits per heavy atom. The zero-order chi connectivity index (χ0) is 22.8. The first kappa shape index (κ1) is 21.5. The van der Waals surface area contributed by atoms with Gasteiger partial charge in [-0.2, -0.15) is 4.98 Å². The zero-order valence-electron chi connectivity index (χ0n) is 17.9. The summed E-state index contributed by atoms with van der Waals surface area (Å²) in [5, 5.41) is 3.89. The highest BCUT2D eigenvalue weighted by atomic mass is 16.6. The van der Waals surface area contributed by atoms with Gasteiger partial charge in [-0.25, -0.2) is 4.79 Å². The third kappa shape index (κ3) is 3.83. The molecule has 168 valence electrons. The number of hydrogen-bond acceptors (Lipinski definition) is 9. The van der Waals surface area contributed by atoms with Crippen molar-refractivity contribution in [2.45, 2.75) is 32.4 Å². The average molecular weight is 441 g/mol. The number of hydrogen-bond donors (Lipinski definition) is 0. The van der Waals surface area contributed by atoms with Gasteiger partial charge in [-0.05, 0) is 38.0 Å². The number of rotatable bonds is 7. The maximum atomic E-state index is 12.6. The number of likely N-dealkylation sites (tertiary alicyclic amines) is 1. The normalized spacial score (nSPS) is 20.8. The van der Waals surface area contributed by atoms with Crippen LogP contribution in [0.15, 0.2) is 34.9 Å². The van der Waals surface area contributed by atoms with Gasteiger partial charge < -0.3 is 18.7 Å². The summed E-state index contributed by atoms with van der Waals surface area (Å²) < 4.78 is 20.9. The van der Waals surface area contributed by atoms with Gasteiger partial charge in [0, 0.05) is 5.56 Å². The zero-order valence-corrected chi connectivity index (χ0v) is 17.9. The average Bonchev–Trinajstić information content (AvgIpc) is 3.39. The second-order valence-corrected chi connectivity index (χ2v) is 7.57. The van der Waals surface area contributed by atoms with Crippen LogP contribution in [0.25, 0.3) is 11.4 Å². The minimum Gasteiger partial charge on any atom is -0.493 e. The van der Waals surface area contributed by atoms with Crippen LogP contribution in [0.4, 0.5) is 0 Å². The molecule has 1 aromatic heterocycles. The van der Waals surface area contributed by atoms with E-state index in [2.05, 4.69) is 10.1 Å². The van der Waals surface area contributed by atoms with Gasteiger partial charge in [0.1, 0.15) is 6.04 Å². The number of benzene rings is 1. The van der Waals surface area contributed by atoms with Gasteiger partial charge in [0.25, 0.3) is 5.89 Å². The number of aromatic nitrogens is 2. The largest absolute Gasteiger partial charge is 0.493 e. The summed E-state index contributed by atoms with van der Waals surface area (Å²) in [6.45, 7) is 1.19. The predicted octanol–water partition coefficient (Wildman–Crippen LogP) is 2.14. The summed E-state index contributed by atoms with van der Waals surface area (Å²) in [7, 11) is 3.05. The van der Waals surface area contributed by atoms with Crippen LogP contribution in [0.1, 0.15) is 25.7 Å². The molecule has 2 aliphatic rings. The van der Waals surface area contributed by atoms with Gasteiger partial charge in [0.2, 0.25) is 17.6 Å². The molecule has 0 saturated carbocycles. The molecule has 10 heteroatoms. The molecule has 0 N–H and O–H groups in total. The van der Waals surface area contributed by atoms with Gasteiger partial charge in [-0.15, -0.1) is 0 Å². The summed E-state index contributed by atoms with van der Waals surface area (Å²) in [4.78, 5) is 43.0. The first-order chi connectivity index (χ1) is 15.4. The molecule has 1 saturated heterocycles. The molecule has 10 nitrogen and oxygen atoms in total. The predicted molar refractivity (Wildman–Crippen MR) is 109 cm³/mol. The van der Waals surface area contributed by atoms with Crippen molar-refractivity contribution in [2.75, 3.05) is 14.2 Å². The quantitative estimate of drug-likeness (QED) is 0.361. The molecule has 0 radical (unpaired) electrons. The maximum absolute atomic E-state index is 12.6. The third-order valence-electron chi connectivity index (χ3n) is 5.72. The topological polar surface area (TPSA) is 121 Å². The van der Waals surface area contributed by atoms with Crippen molar-refractivity contribution in [2.24, 2.45) is 11.8 Å². The van der Waals surface area contributed by atoms with E-state index in [0.717, 1.165) is 4.90 Å². The van der Waals surface area contributed by atoms with Crippen LogP contribution < -0.4 is 9.47 Å². The smallest absolute Gasteiger partial charge is 0.329 e. The van der Waals surface area contributed by atoms with Crippen molar-refractivity contribution >= 4 is 17.8 Å². The van der Waals surface area contributed by atoms with E-state index in [0.29, 0.717) is 29.9 Å². The number of amides is 2. The number of imide groups is 1. The molecule has 0 unspecified atom stereocenters. The van der Waals surface area contributed by atoms with Gasteiger partial charge in [0.15, 0.2) is 18.1 Å². The fourth-order valence-corrected chi connectivity index (χ4v) is 3.97. The van der Waals surface area contributed by atoms with E-state index in [9.17, 15) is 14.4 Å². The van der Waals surface area contributed by atoms with Crippen LogP contribution in [-0.2, 0) is 25.7 Å². The summed E-state index contributed by atoms with van der Waals surface area (Å²) in [5.41, 5.74) is 0.627. The highest BCUT2D eigenvalue weighted by molar-refractivity contribution is 6.08. The van der Waals surface area contributed by atoms with Crippen LogP contribution in [0.2, 0.25) is 0 Å². The molecule has 3 atom stereocenters. The van der Waals surface area contributed by atoms with Crippen LogP contribution in [-0.4, -0.2) is 53.1 Å². The van der Waals surface area contributed by atoms with Crippen molar-refractivity contribution < 1.29 is 33.1 Å². The van der Waals surface area contributed by atoms with E-state index in [1.54, 1.807) is 18.2 Å². The molecule has 4 rings (SSSR count). The number of fused-ring (bicyclic) bond motifs is 1. The number of nitrogens with zero attached hydrogens (tertiary/aromatic N) is 3. The Balaban J connectivity index is 1.39. The molecule has 2 heterocycles. The van der Waals surface area contributed by atoms with E-state index in [4.69, 9.17) is 18.7 Å². The highest BCUT2D eigenvalue weighted by Gasteiger charge is 2.50. The van der Waals surface area contributed by atoms with Crippen molar-refractivity contribution in [1.82, 2.24) is 15.0 Å². The van der Waals surface area contributed by atoms with Crippen molar-refractivity contribution in [3.8, 4) is 22.9 Å². The molecule has 1 aliphatic heterocycles. The van der Waals surface area contributed by atoms with Gasteiger partial charge >= 0.3 is 5.97 Å². The van der Waals surface area contributed by atoms with Crippen molar-refractivity contribution in [3.63, 3.8) is 0 Å². The molecular formula is C22H23N3O7. The number of allylic oxidation sites excluding steroid dienone is 2. The lowest BCUT2D eigenvalue weighted by atomic mass is 9.85. The maximum Gasteiger partial charge on any atom is 0.329 e. The van der Waals surface area contributed by atoms with Crippen molar-refractivity contribution in [1.29, 1.82) is 0 Å². The summed E-state index contributed by atoms with van der Waals surface area (Å²) in [5.74, 6) is -0.755. The van der Waals surface area contributed by atoms with E-state index >= 15 is 0 Å². The highest BCUT2D eigenvalue weighted by Crippen LogP contribution is 2.36. The van der Waals surface area contributed by atoms with Crippen LogP contribution in [0, 0.1) is 11.8 Å². The molecule has 2 aromatic rings. The number of esters is 1. The van der Waals surface area contributed by atoms with Gasteiger partial charge in [-0.3, -0.25) is 14.5 Å². The summed E-state index contributed by atoms with van der Waals surface area (Å²) >= 11 is 0. The lowest BCUT2D eigenvalue weighted by Crippen LogP contribution is -2.44. The third-order valence-corrected chi connectivity index (χ3v) is 5.72. The Morgan fingerprint density at radius 2 is 1.78 bits per heavy atom. The standard InChI is InChI=1S/C22H23N3O7/c1-12(25-20(26)14-6-4-5-7-15(14)21(25)27)22(28)31-11-18-23-19(24-32-18)13-8-9-16(29-2)17(10-13)30-3/h4-5,8-10,12,14-15H,6-7,11H2,1-3H3/t12-,14+,15+/m0/s1. The fourth-order valence-electron chi connectivity index (χ4n) is 3.97. The monoisotopic (exact) mass is 441 g/mol. The second-order valence-electron chi connectivity index (χ2n) is 7.57. The first-order valence-corrected chi connectivity index (χ1v) is 10.2. The van der Waals surface area contributed by atoms with Crippen LogP contribution in [0.5, 0.6) is 11.5 Å². The Labute approximate surface area is 184 Å². The molecule has 0 bridgehead atoms. The summed E-state index contributed by atoms with van der Waals surface area (Å²) in [6, 6.07) is 4.11. The van der Waals surface area contributed by atoms with Crippen molar-refractivity contribution in [3.05, 3.63) is 36.2 Å². The van der Waals surface area contributed by atoms with Gasteiger partial charge in [0.05, 0.1) is 26.1 Å². The van der Waals surface area contributed by atoms with Gasteiger partial charge in [-0.1, -0.05) is 17.3 Å². The SMILES string of the molecule is COc1ccc(-c2noc(COC(=O)[C@H](C)N3C(=O)[C@@H]4CC=CC[C@H]4C3=O)n2)cc1OC. The molecule has 0 spiro atoms. The summed E-state index contributed by atoms with van der Waals surface area (Å²) in [6.07, 6.45) is 4.80. The Bertz CT molecular complexity index is 1050. The number of methoxy groups -OCH3 is 2. The molecular weight excluding hydrogens is 418 g/mol.